The van der Waals surface area contributed by atoms with Crippen molar-refractivity contribution in [3.8, 4) is 0 Å². The number of ether oxygens (including phenoxy) is 2. The lowest BCUT2D eigenvalue weighted by atomic mass is 9.93. The van der Waals surface area contributed by atoms with Gasteiger partial charge in [-0.3, -0.25) is 0 Å². The van der Waals surface area contributed by atoms with Crippen LogP contribution in [0.5, 0.6) is 0 Å². The summed E-state index contributed by atoms with van der Waals surface area (Å²) in [5, 5.41) is 2.91. The third-order valence-corrected chi connectivity index (χ3v) is 4.36. The van der Waals surface area contributed by atoms with Crippen LogP contribution in [0.25, 0.3) is 0 Å². The van der Waals surface area contributed by atoms with Crippen LogP contribution in [0.4, 0.5) is 10.5 Å². The molecule has 0 aromatic heterocycles. The van der Waals surface area contributed by atoms with Crippen LogP contribution < -0.4 is 5.32 Å². The van der Waals surface area contributed by atoms with Gasteiger partial charge in [-0.1, -0.05) is 0 Å². The summed E-state index contributed by atoms with van der Waals surface area (Å²) in [4.78, 5) is 26.2. The number of nitrogens with one attached hydrogen (secondary N) is 1. The first kappa shape index (κ1) is 19.2. The summed E-state index contributed by atoms with van der Waals surface area (Å²) in [5.41, 5.74) is 0.916. The molecule has 2 amide bonds. The van der Waals surface area contributed by atoms with Crippen molar-refractivity contribution in [3.63, 3.8) is 0 Å². The van der Waals surface area contributed by atoms with Gasteiger partial charge in [0.05, 0.1) is 17.8 Å². The van der Waals surface area contributed by atoms with E-state index < -0.39 is 0 Å². The molecule has 25 heavy (non-hydrogen) atoms. The lowest BCUT2D eigenvalue weighted by Gasteiger charge is -2.40. The second-order valence-electron chi connectivity index (χ2n) is 6.77. The molecule has 0 aliphatic carbocycles. The van der Waals surface area contributed by atoms with Gasteiger partial charge in [0, 0.05) is 24.9 Å². The third kappa shape index (κ3) is 5.19. The molecule has 6 heteroatoms. The Morgan fingerprint density at radius 2 is 1.96 bits per heavy atom. The van der Waals surface area contributed by atoms with Gasteiger partial charge in [-0.2, -0.15) is 0 Å². The van der Waals surface area contributed by atoms with Crippen LogP contribution in [0.1, 0.15) is 50.9 Å². The highest BCUT2D eigenvalue weighted by molar-refractivity contribution is 5.92. The van der Waals surface area contributed by atoms with E-state index in [1.165, 1.54) is 0 Å². The van der Waals surface area contributed by atoms with E-state index >= 15 is 0 Å². The fraction of sp³-hybridized carbons (Fsp3) is 0.579. The largest absolute Gasteiger partial charge is 0.462 e. The van der Waals surface area contributed by atoms with E-state index in [2.05, 4.69) is 19.2 Å². The molecule has 1 heterocycles. The SMILES string of the molecule is CCOC(=O)c1ccc(NC(=O)N(CC)[C@@H]2CCOC(C)(C)C2)cc1. The predicted molar refractivity (Wildman–Crippen MR) is 96.9 cm³/mol. The van der Waals surface area contributed by atoms with E-state index in [0.29, 0.717) is 31.0 Å². The van der Waals surface area contributed by atoms with Crippen molar-refractivity contribution in [3.05, 3.63) is 29.8 Å². The molecule has 1 aliphatic heterocycles. The van der Waals surface area contributed by atoms with Crippen LogP contribution in [0.2, 0.25) is 0 Å². The molecule has 0 bridgehead atoms. The standard InChI is InChI=1S/C19H28N2O4/c1-5-21(16-11-12-25-19(3,4)13-16)18(23)20-15-9-7-14(8-10-15)17(22)24-6-2/h7-10,16H,5-6,11-13H2,1-4H3,(H,20,23)/t16-/m1/s1. The van der Waals surface area contributed by atoms with Crippen molar-refractivity contribution in [2.45, 2.75) is 52.2 Å². The quantitative estimate of drug-likeness (QED) is 0.824. The average Bonchev–Trinajstić information content (AvgIpc) is 2.55. The van der Waals surface area contributed by atoms with E-state index in [1.807, 2.05) is 11.8 Å². The highest BCUT2D eigenvalue weighted by Gasteiger charge is 2.33. The first-order chi connectivity index (χ1) is 11.9. The second kappa shape index (κ2) is 8.34. The monoisotopic (exact) mass is 348 g/mol. The van der Waals surface area contributed by atoms with E-state index in [1.54, 1.807) is 31.2 Å². The Balaban J connectivity index is 2.00. The number of carbonyl (C=O) groups is 2. The zero-order chi connectivity index (χ0) is 18.4. The number of rotatable bonds is 5. The van der Waals surface area contributed by atoms with Gasteiger partial charge in [-0.15, -0.1) is 0 Å². The van der Waals surface area contributed by atoms with Gasteiger partial charge in [0.1, 0.15) is 0 Å². The molecule has 2 rings (SSSR count). The van der Waals surface area contributed by atoms with Gasteiger partial charge >= 0.3 is 12.0 Å². The summed E-state index contributed by atoms with van der Waals surface area (Å²) >= 11 is 0. The normalized spacial score (nSPS) is 19.1. The number of benzene rings is 1. The molecule has 1 aromatic rings. The fourth-order valence-electron chi connectivity index (χ4n) is 3.13. The summed E-state index contributed by atoms with van der Waals surface area (Å²) < 4.78 is 10.7. The van der Waals surface area contributed by atoms with Crippen molar-refractivity contribution < 1.29 is 19.1 Å². The molecule has 1 fully saturated rings. The summed E-state index contributed by atoms with van der Waals surface area (Å²) in [6.45, 7) is 9.49. The average molecular weight is 348 g/mol. The Labute approximate surface area is 149 Å². The van der Waals surface area contributed by atoms with Crippen molar-refractivity contribution in [2.24, 2.45) is 0 Å². The molecule has 1 aliphatic rings. The Bertz CT molecular complexity index is 598. The fourth-order valence-corrected chi connectivity index (χ4v) is 3.13. The molecule has 0 unspecified atom stereocenters. The molecule has 1 atom stereocenters. The number of amides is 2. The first-order valence-corrected chi connectivity index (χ1v) is 8.85. The lowest BCUT2D eigenvalue weighted by Crippen LogP contribution is -2.49. The minimum absolute atomic E-state index is 0.130. The molecule has 0 radical (unpaired) electrons. The number of esters is 1. The molecular weight excluding hydrogens is 320 g/mol. The maximum atomic E-state index is 12.7. The number of hydrogen-bond donors (Lipinski definition) is 1. The maximum Gasteiger partial charge on any atom is 0.338 e. The van der Waals surface area contributed by atoms with Crippen molar-refractivity contribution in [1.29, 1.82) is 0 Å². The molecule has 0 saturated carbocycles. The highest BCUT2D eigenvalue weighted by atomic mass is 16.5. The van der Waals surface area contributed by atoms with Crippen LogP contribution in [0.3, 0.4) is 0 Å². The second-order valence-corrected chi connectivity index (χ2v) is 6.77. The van der Waals surface area contributed by atoms with E-state index in [4.69, 9.17) is 9.47 Å². The van der Waals surface area contributed by atoms with Crippen LogP contribution in [0, 0.1) is 0 Å². The number of nitrogens with zero attached hydrogens (tertiary/aromatic N) is 1. The lowest BCUT2D eigenvalue weighted by molar-refractivity contribution is -0.0758. The Morgan fingerprint density at radius 3 is 2.52 bits per heavy atom. The zero-order valence-electron chi connectivity index (χ0n) is 15.5. The first-order valence-electron chi connectivity index (χ1n) is 8.85. The maximum absolute atomic E-state index is 12.7. The summed E-state index contributed by atoms with van der Waals surface area (Å²) in [5.74, 6) is -0.361. The molecule has 138 valence electrons. The molecule has 0 spiro atoms. The number of urea groups is 1. The van der Waals surface area contributed by atoms with Gasteiger partial charge in [0.15, 0.2) is 0 Å². The summed E-state index contributed by atoms with van der Waals surface area (Å²) in [6, 6.07) is 6.77. The Hall–Kier alpha value is -2.08. The van der Waals surface area contributed by atoms with Crippen molar-refractivity contribution in [2.75, 3.05) is 25.1 Å². The molecular formula is C19H28N2O4. The van der Waals surface area contributed by atoms with E-state index in [-0.39, 0.29) is 23.6 Å². The van der Waals surface area contributed by atoms with E-state index in [9.17, 15) is 9.59 Å². The molecule has 1 N–H and O–H groups in total. The van der Waals surface area contributed by atoms with Crippen molar-refractivity contribution in [1.82, 2.24) is 4.90 Å². The van der Waals surface area contributed by atoms with Crippen LogP contribution in [-0.4, -0.2) is 48.3 Å². The van der Waals surface area contributed by atoms with Gasteiger partial charge < -0.3 is 19.7 Å². The van der Waals surface area contributed by atoms with E-state index in [0.717, 1.165) is 12.8 Å². The smallest absolute Gasteiger partial charge is 0.338 e. The van der Waals surface area contributed by atoms with Gasteiger partial charge in [0.2, 0.25) is 0 Å². The van der Waals surface area contributed by atoms with Gasteiger partial charge in [-0.05, 0) is 64.8 Å². The van der Waals surface area contributed by atoms with Crippen LogP contribution in [-0.2, 0) is 9.47 Å². The molecule has 6 nitrogen and oxygen atoms in total. The minimum atomic E-state index is -0.361. The highest BCUT2D eigenvalue weighted by Crippen LogP contribution is 2.27. The van der Waals surface area contributed by atoms with Gasteiger partial charge in [-0.25, -0.2) is 9.59 Å². The summed E-state index contributed by atoms with van der Waals surface area (Å²) in [7, 11) is 0. The van der Waals surface area contributed by atoms with Crippen LogP contribution in [0.15, 0.2) is 24.3 Å². The number of anilines is 1. The Morgan fingerprint density at radius 1 is 1.28 bits per heavy atom. The molecule has 1 aromatic carbocycles. The Kier molecular flexibility index (Phi) is 6.42. The molecule has 1 saturated heterocycles. The van der Waals surface area contributed by atoms with Gasteiger partial charge in [0.25, 0.3) is 0 Å². The number of hydrogen-bond acceptors (Lipinski definition) is 4. The topological polar surface area (TPSA) is 67.9 Å². The van der Waals surface area contributed by atoms with Crippen molar-refractivity contribution >= 4 is 17.7 Å². The predicted octanol–water partition coefficient (Wildman–Crippen LogP) is 3.67. The summed E-state index contributed by atoms with van der Waals surface area (Å²) in [6.07, 6.45) is 1.66. The zero-order valence-corrected chi connectivity index (χ0v) is 15.5. The third-order valence-electron chi connectivity index (χ3n) is 4.36. The minimum Gasteiger partial charge on any atom is -0.462 e. The number of carbonyl (C=O) groups excluding carboxylic acids is 2. The van der Waals surface area contributed by atoms with Crippen LogP contribution >= 0.6 is 0 Å².